The molecular weight excluding hydrogens is 379 g/mol. The number of benzene rings is 2. The number of anilines is 2. The van der Waals surface area contributed by atoms with Gasteiger partial charge in [-0.25, -0.2) is 9.18 Å². The summed E-state index contributed by atoms with van der Waals surface area (Å²) in [6, 6.07) is 14.3. The summed E-state index contributed by atoms with van der Waals surface area (Å²) in [6.07, 6.45) is 0.326. The Kier molecular flexibility index (Phi) is 6.03. The van der Waals surface area contributed by atoms with Gasteiger partial charge in [-0.3, -0.25) is 9.59 Å². The molecule has 0 aliphatic rings. The van der Waals surface area contributed by atoms with Crippen molar-refractivity contribution in [1.82, 2.24) is 0 Å². The number of nitrogens with one attached hydrogen (secondary N) is 2. The third kappa shape index (κ3) is 5.29. The lowest BCUT2D eigenvalue weighted by Gasteiger charge is -2.14. The van der Waals surface area contributed by atoms with Crippen molar-refractivity contribution < 1.29 is 27.9 Å². The van der Waals surface area contributed by atoms with Gasteiger partial charge in [0.05, 0.1) is 11.8 Å². The highest BCUT2D eigenvalue weighted by Gasteiger charge is 2.19. The molecule has 0 unspecified atom stereocenters. The van der Waals surface area contributed by atoms with E-state index in [-0.39, 0.29) is 11.3 Å². The summed E-state index contributed by atoms with van der Waals surface area (Å²) in [7, 11) is 0. The van der Waals surface area contributed by atoms with Crippen molar-refractivity contribution in [3.05, 3.63) is 84.1 Å². The van der Waals surface area contributed by atoms with E-state index in [9.17, 15) is 18.8 Å². The summed E-state index contributed by atoms with van der Waals surface area (Å²) in [5.74, 6) is -1.93. The maximum atomic E-state index is 12.9. The summed E-state index contributed by atoms with van der Waals surface area (Å²) >= 11 is 0. The Labute approximate surface area is 165 Å². The zero-order valence-corrected chi connectivity index (χ0v) is 15.3. The highest BCUT2D eigenvalue weighted by Crippen LogP contribution is 2.14. The normalized spacial score (nSPS) is 11.4. The minimum atomic E-state index is -1.06. The Morgan fingerprint density at radius 1 is 0.931 bits per heavy atom. The molecule has 3 rings (SSSR count). The summed E-state index contributed by atoms with van der Waals surface area (Å²) in [5.41, 5.74) is 1.06. The quantitative estimate of drug-likeness (QED) is 0.617. The first kappa shape index (κ1) is 19.8. The molecule has 148 valence electrons. The first-order valence-corrected chi connectivity index (χ1v) is 8.65. The Bertz CT molecular complexity index is 999. The van der Waals surface area contributed by atoms with E-state index >= 15 is 0 Å². The molecule has 8 heteroatoms. The topological polar surface area (TPSA) is 97.6 Å². The zero-order valence-electron chi connectivity index (χ0n) is 15.3. The SMILES string of the molecule is C[C@@H](OC(=O)c1ccc(NC(=O)c2ccco2)cc1)C(=O)Nc1ccc(F)cc1. The summed E-state index contributed by atoms with van der Waals surface area (Å²) in [6.45, 7) is 1.43. The van der Waals surface area contributed by atoms with Gasteiger partial charge in [0.25, 0.3) is 11.8 Å². The van der Waals surface area contributed by atoms with Gasteiger partial charge in [-0.15, -0.1) is 0 Å². The van der Waals surface area contributed by atoms with Gasteiger partial charge in [0, 0.05) is 11.4 Å². The molecule has 3 aromatic rings. The lowest BCUT2D eigenvalue weighted by atomic mass is 10.2. The molecule has 1 atom stereocenters. The number of esters is 1. The molecule has 0 bridgehead atoms. The Balaban J connectivity index is 1.54. The molecule has 2 aromatic carbocycles. The fraction of sp³-hybridized carbons (Fsp3) is 0.0952. The van der Waals surface area contributed by atoms with Gasteiger partial charge in [-0.05, 0) is 67.6 Å². The van der Waals surface area contributed by atoms with Crippen LogP contribution < -0.4 is 10.6 Å². The first-order chi connectivity index (χ1) is 13.9. The minimum absolute atomic E-state index is 0.162. The number of hydrogen-bond donors (Lipinski definition) is 2. The number of furan rings is 1. The maximum Gasteiger partial charge on any atom is 0.338 e. The standard InChI is InChI=1S/C21H17FN2O5/c1-13(19(25)23-17-10-6-15(22)7-11-17)29-21(27)14-4-8-16(9-5-14)24-20(26)18-3-2-12-28-18/h2-13H,1H3,(H,23,25)(H,24,26)/t13-/m1/s1. The second-order valence-corrected chi connectivity index (χ2v) is 6.05. The molecule has 29 heavy (non-hydrogen) atoms. The van der Waals surface area contributed by atoms with Crippen LogP contribution in [0.25, 0.3) is 0 Å². The van der Waals surface area contributed by atoms with Crippen LogP contribution in [0.4, 0.5) is 15.8 Å². The summed E-state index contributed by atoms with van der Waals surface area (Å²) in [4.78, 5) is 36.3. The van der Waals surface area contributed by atoms with E-state index in [0.717, 1.165) is 0 Å². The minimum Gasteiger partial charge on any atom is -0.459 e. The smallest absolute Gasteiger partial charge is 0.338 e. The van der Waals surface area contributed by atoms with Gasteiger partial charge in [-0.1, -0.05) is 0 Å². The molecule has 0 spiro atoms. The van der Waals surface area contributed by atoms with Crippen LogP contribution in [0.15, 0.2) is 71.3 Å². The average Bonchev–Trinajstić information content (AvgIpc) is 3.25. The van der Waals surface area contributed by atoms with Gasteiger partial charge in [0.15, 0.2) is 11.9 Å². The number of hydrogen-bond acceptors (Lipinski definition) is 5. The van der Waals surface area contributed by atoms with Gasteiger partial charge < -0.3 is 19.8 Å². The molecule has 1 aromatic heterocycles. The number of halogens is 1. The van der Waals surface area contributed by atoms with E-state index in [1.54, 1.807) is 6.07 Å². The molecule has 0 aliphatic carbocycles. The Morgan fingerprint density at radius 3 is 2.17 bits per heavy atom. The average molecular weight is 396 g/mol. The molecule has 1 heterocycles. The first-order valence-electron chi connectivity index (χ1n) is 8.65. The molecule has 0 saturated carbocycles. The number of ether oxygens (including phenoxy) is 1. The largest absolute Gasteiger partial charge is 0.459 e. The number of rotatable bonds is 6. The van der Waals surface area contributed by atoms with Crippen molar-refractivity contribution in [1.29, 1.82) is 0 Å². The van der Waals surface area contributed by atoms with Crippen molar-refractivity contribution >= 4 is 29.2 Å². The van der Waals surface area contributed by atoms with E-state index in [1.807, 2.05) is 0 Å². The molecule has 0 radical (unpaired) electrons. The van der Waals surface area contributed by atoms with E-state index < -0.39 is 29.7 Å². The van der Waals surface area contributed by atoms with Gasteiger partial charge in [0.1, 0.15) is 5.82 Å². The predicted octanol–water partition coefficient (Wildman–Crippen LogP) is 3.86. The maximum absolute atomic E-state index is 12.9. The van der Waals surface area contributed by atoms with Crippen LogP contribution >= 0.6 is 0 Å². The van der Waals surface area contributed by atoms with Gasteiger partial charge in [0.2, 0.25) is 0 Å². The van der Waals surface area contributed by atoms with Crippen molar-refractivity contribution in [3.8, 4) is 0 Å². The number of carbonyl (C=O) groups is 3. The summed E-state index contributed by atoms with van der Waals surface area (Å²) < 4.78 is 23.1. The van der Waals surface area contributed by atoms with Crippen LogP contribution in [0.5, 0.6) is 0 Å². The Hall–Kier alpha value is -3.94. The van der Waals surface area contributed by atoms with Crippen LogP contribution in [0, 0.1) is 5.82 Å². The molecule has 0 fully saturated rings. The van der Waals surface area contributed by atoms with E-state index in [1.165, 1.54) is 67.8 Å². The highest BCUT2D eigenvalue weighted by atomic mass is 19.1. The second-order valence-electron chi connectivity index (χ2n) is 6.05. The fourth-order valence-electron chi connectivity index (χ4n) is 2.35. The highest BCUT2D eigenvalue weighted by molar-refractivity contribution is 6.02. The second kappa shape index (κ2) is 8.83. The van der Waals surface area contributed by atoms with Gasteiger partial charge in [-0.2, -0.15) is 0 Å². The van der Waals surface area contributed by atoms with Crippen LogP contribution in [0.1, 0.15) is 27.8 Å². The van der Waals surface area contributed by atoms with Crippen molar-refractivity contribution in [2.24, 2.45) is 0 Å². The lowest BCUT2D eigenvalue weighted by molar-refractivity contribution is -0.123. The molecular formula is C21H17FN2O5. The molecule has 0 saturated heterocycles. The van der Waals surface area contributed by atoms with E-state index in [4.69, 9.17) is 9.15 Å². The third-order valence-corrected chi connectivity index (χ3v) is 3.89. The predicted molar refractivity (Wildman–Crippen MR) is 103 cm³/mol. The van der Waals surface area contributed by atoms with E-state index in [2.05, 4.69) is 10.6 Å². The lowest BCUT2D eigenvalue weighted by Crippen LogP contribution is -2.30. The number of amides is 2. The van der Waals surface area contributed by atoms with E-state index in [0.29, 0.717) is 11.4 Å². The van der Waals surface area contributed by atoms with Crippen molar-refractivity contribution in [3.63, 3.8) is 0 Å². The van der Waals surface area contributed by atoms with Crippen LogP contribution in [0.2, 0.25) is 0 Å². The van der Waals surface area contributed by atoms with Gasteiger partial charge >= 0.3 is 5.97 Å². The van der Waals surface area contributed by atoms with Crippen LogP contribution in [-0.4, -0.2) is 23.9 Å². The van der Waals surface area contributed by atoms with Crippen LogP contribution in [0.3, 0.4) is 0 Å². The third-order valence-electron chi connectivity index (χ3n) is 3.89. The Morgan fingerprint density at radius 2 is 1.55 bits per heavy atom. The molecule has 7 nitrogen and oxygen atoms in total. The van der Waals surface area contributed by atoms with Crippen molar-refractivity contribution in [2.75, 3.05) is 10.6 Å². The zero-order chi connectivity index (χ0) is 20.8. The molecule has 0 aliphatic heterocycles. The fourth-order valence-corrected chi connectivity index (χ4v) is 2.35. The number of carbonyl (C=O) groups excluding carboxylic acids is 3. The molecule has 2 amide bonds. The molecule has 2 N–H and O–H groups in total. The van der Waals surface area contributed by atoms with Crippen molar-refractivity contribution in [2.45, 2.75) is 13.0 Å². The van der Waals surface area contributed by atoms with Crippen LogP contribution in [-0.2, 0) is 9.53 Å². The summed E-state index contributed by atoms with van der Waals surface area (Å²) in [5, 5.41) is 5.16. The monoisotopic (exact) mass is 396 g/mol.